The third-order valence-electron chi connectivity index (χ3n) is 2.33. The molecule has 2 rings (SSSR count). The van der Waals surface area contributed by atoms with Gasteiger partial charge < -0.3 is 11.1 Å². The lowest BCUT2D eigenvalue weighted by atomic mass is 10.1. The first-order valence-electron chi connectivity index (χ1n) is 5.07. The highest BCUT2D eigenvalue weighted by Crippen LogP contribution is 2.22. The van der Waals surface area contributed by atoms with Gasteiger partial charge >= 0.3 is 0 Å². The van der Waals surface area contributed by atoms with Crippen molar-refractivity contribution in [2.24, 2.45) is 5.73 Å². The van der Waals surface area contributed by atoms with Gasteiger partial charge in [-0.3, -0.25) is 0 Å². The number of anilines is 1. The van der Waals surface area contributed by atoms with Crippen molar-refractivity contribution >= 4 is 34.6 Å². The molecule has 0 unspecified atom stereocenters. The van der Waals surface area contributed by atoms with Crippen LogP contribution in [-0.2, 0) is 0 Å². The molecule has 0 saturated heterocycles. The van der Waals surface area contributed by atoms with E-state index in [1.54, 1.807) is 0 Å². The van der Waals surface area contributed by atoms with Crippen LogP contribution in [0.2, 0.25) is 5.02 Å². The number of halogens is 1. The molecule has 2 aromatic rings. The van der Waals surface area contributed by atoms with Gasteiger partial charge in [0.1, 0.15) is 0 Å². The minimum absolute atomic E-state index is 0.268. The predicted molar refractivity (Wildman–Crippen MR) is 77.3 cm³/mol. The van der Waals surface area contributed by atoms with E-state index in [4.69, 9.17) is 29.6 Å². The Morgan fingerprint density at radius 3 is 1.88 bits per heavy atom. The molecule has 2 nitrogen and oxygen atoms in total. The number of thiocarbonyl (C=S) groups is 1. The third kappa shape index (κ3) is 3.19. The van der Waals surface area contributed by atoms with Crippen molar-refractivity contribution in [2.45, 2.75) is 0 Å². The summed E-state index contributed by atoms with van der Waals surface area (Å²) in [6.45, 7) is 0. The van der Waals surface area contributed by atoms with Gasteiger partial charge in [-0.15, -0.1) is 0 Å². The van der Waals surface area contributed by atoms with Gasteiger partial charge in [0.15, 0.2) is 5.11 Å². The first kappa shape index (κ1) is 11.9. The number of rotatable bonds is 2. The number of nitrogens with two attached hydrogens (primary N) is 1. The maximum absolute atomic E-state index is 5.84. The molecular weight excluding hydrogens is 252 g/mol. The quantitative estimate of drug-likeness (QED) is 0.811. The Bertz CT molecular complexity index is 520. The first-order valence-corrected chi connectivity index (χ1v) is 5.86. The maximum atomic E-state index is 5.84. The van der Waals surface area contributed by atoms with E-state index >= 15 is 0 Å². The van der Waals surface area contributed by atoms with Gasteiger partial charge in [-0.2, -0.15) is 0 Å². The number of benzene rings is 2. The Morgan fingerprint density at radius 1 is 0.941 bits per heavy atom. The molecule has 0 atom stereocenters. The van der Waals surface area contributed by atoms with Gasteiger partial charge in [0.2, 0.25) is 0 Å². The fraction of sp³-hybridized carbons (Fsp3) is 0. The van der Waals surface area contributed by atoms with Gasteiger partial charge in [0, 0.05) is 10.7 Å². The van der Waals surface area contributed by atoms with Crippen molar-refractivity contribution in [3.05, 3.63) is 53.6 Å². The van der Waals surface area contributed by atoms with Gasteiger partial charge in [-0.1, -0.05) is 35.9 Å². The molecule has 86 valence electrons. The molecule has 2 aromatic carbocycles. The van der Waals surface area contributed by atoms with Crippen molar-refractivity contribution in [3.8, 4) is 11.1 Å². The predicted octanol–water partition coefficient (Wildman–Crippen LogP) is 3.66. The van der Waals surface area contributed by atoms with Crippen LogP contribution in [0.25, 0.3) is 11.1 Å². The highest BCUT2D eigenvalue weighted by atomic mass is 35.5. The Morgan fingerprint density at radius 2 is 1.41 bits per heavy atom. The van der Waals surface area contributed by atoms with Crippen molar-refractivity contribution in [2.75, 3.05) is 5.32 Å². The normalized spacial score (nSPS) is 9.94. The molecule has 0 fully saturated rings. The lowest BCUT2D eigenvalue weighted by molar-refractivity contribution is 1.58. The second-order valence-corrected chi connectivity index (χ2v) is 4.45. The third-order valence-corrected chi connectivity index (χ3v) is 2.68. The molecule has 0 spiro atoms. The highest BCUT2D eigenvalue weighted by molar-refractivity contribution is 7.80. The number of hydrogen-bond donors (Lipinski definition) is 2. The molecule has 0 heterocycles. The minimum Gasteiger partial charge on any atom is -0.376 e. The zero-order valence-corrected chi connectivity index (χ0v) is 10.6. The largest absolute Gasteiger partial charge is 0.376 e. The van der Waals surface area contributed by atoms with Gasteiger partial charge in [0.05, 0.1) is 0 Å². The van der Waals surface area contributed by atoms with Gasteiger partial charge in [0.25, 0.3) is 0 Å². The zero-order valence-electron chi connectivity index (χ0n) is 8.98. The average molecular weight is 263 g/mol. The van der Waals surface area contributed by atoms with Crippen LogP contribution in [0.5, 0.6) is 0 Å². The van der Waals surface area contributed by atoms with Crippen LogP contribution >= 0.6 is 23.8 Å². The Balaban J connectivity index is 2.23. The van der Waals surface area contributed by atoms with Crippen molar-refractivity contribution in [1.29, 1.82) is 0 Å². The van der Waals surface area contributed by atoms with E-state index in [9.17, 15) is 0 Å². The standard InChI is InChI=1S/C13H11ClN2S/c14-11-5-1-9(2-6-11)10-3-7-12(8-4-10)16-13(15)17/h1-8H,(H3,15,16,17). The average Bonchev–Trinajstić information content (AvgIpc) is 2.30. The highest BCUT2D eigenvalue weighted by Gasteiger charge is 1.98. The molecule has 17 heavy (non-hydrogen) atoms. The van der Waals surface area contributed by atoms with E-state index in [1.165, 1.54) is 0 Å². The summed E-state index contributed by atoms with van der Waals surface area (Å²) in [5, 5.41) is 3.89. The SMILES string of the molecule is NC(=S)Nc1ccc(-c2ccc(Cl)cc2)cc1. The summed E-state index contributed by atoms with van der Waals surface area (Å²) >= 11 is 10.6. The van der Waals surface area contributed by atoms with Gasteiger partial charge in [-0.25, -0.2) is 0 Å². The van der Waals surface area contributed by atoms with Crippen LogP contribution in [0.4, 0.5) is 5.69 Å². The Hall–Kier alpha value is -1.58. The van der Waals surface area contributed by atoms with Crippen molar-refractivity contribution in [1.82, 2.24) is 0 Å². The molecule has 0 aliphatic heterocycles. The molecule has 0 bridgehead atoms. The second kappa shape index (κ2) is 5.17. The lowest BCUT2D eigenvalue weighted by Crippen LogP contribution is -2.18. The van der Waals surface area contributed by atoms with Gasteiger partial charge in [-0.05, 0) is 47.6 Å². The Labute approximate surface area is 110 Å². The van der Waals surface area contributed by atoms with Crippen LogP contribution in [0, 0.1) is 0 Å². The second-order valence-electron chi connectivity index (χ2n) is 3.57. The first-order chi connectivity index (χ1) is 8.15. The van der Waals surface area contributed by atoms with Crippen LogP contribution in [0.3, 0.4) is 0 Å². The van der Waals surface area contributed by atoms with Crippen molar-refractivity contribution < 1.29 is 0 Å². The smallest absolute Gasteiger partial charge is 0.168 e. The fourth-order valence-electron chi connectivity index (χ4n) is 1.53. The van der Waals surface area contributed by atoms with E-state index in [2.05, 4.69) is 5.32 Å². The summed E-state index contributed by atoms with van der Waals surface area (Å²) in [4.78, 5) is 0. The molecule has 0 amide bonds. The van der Waals surface area contributed by atoms with E-state index in [0.717, 1.165) is 21.8 Å². The van der Waals surface area contributed by atoms with Crippen molar-refractivity contribution in [3.63, 3.8) is 0 Å². The fourth-order valence-corrected chi connectivity index (χ4v) is 1.77. The molecule has 4 heteroatoms. The van der Waals surface area contributed by atoms with Crippen LogP contribution in [0.1, 0.15) is 0 Å². The molecule has 0 radical (unpaired) electrons. The maximum Gasteiger partial charge on any atom is 0.168 e. The summed E-state index contributed by atoms with van der Waals surface area (Å²) in [5.41, 5.74) is 8.52. The van der Waals surface area contributed by atoms with Crippen LogP contribution in [0.15, 0.2) is 48.5 Å². The summed E-state index contributed by atoms with van der Waals surface area (Å²) in [6.07, 6.45) is 0. The van der Waals surface area contributed by atoms with E-state index in [1.807, 2.05) is 48.5 Å². The minimum atomic E-state index is 0.268. The van der Waals surface area contributed by atoms with Crippen LogP contribution < -0.4 is 11.1 Å². The monoisotopic (exact) mass is 262 g/mol. The summed E-state index contributed by atoms with van der Waals surface area (Å²) < 4.78 is 0. The molecule has 0 aromatic heterocycles. The Kier molecular flexibility index (Phi) is 3.61. The number of nitrogens with one attached hydrogen (secondary N) is 1. The lowest BCUT2D eigenvalue weighted by Gasteiger charge is -2.06. The summed E-state index contributed by atoms with van der Waals surface area (Å²) in [6, 6.07) is 15.6. The topological polar surface area (TPSA) is 38.0 Å². The molecular formula is C13H11ClN2S. The van der Waals surface area contributed by atoms with E-state index in [0.29, 0.717) is 0 Å². The molecule has 3 N–H and O–H groups in total. The molecule has 0 aliphatic carbocycles. The number of hydrogen-bond acceptors (Lipinski definition) is 1. The molecule has 0 saturated carbocycles. The summed E-state index contributed by atoms with van der Waals surface area (Å²) in [5.74, 6) is 0. The van der Waals surface area contributed by atoms with E-state index in [-0.39, 0.29) is 5.11 Å². The zero-order chi connectivity index (χ0) is 12.3. The molecule has 0 aliphatic rings. The van der Waals surface area contributed by atoms with E-state index < -0.39 is 0 Å². The van der Waals surface area contributed by atoms with Crippen LogP contribution in [-0.4, -0.2) is 5.11 Å². The summed E-state index contributed by atoms with van der Waals surface area (Å²) in [7, 11) is 0.